The molecule has 0 spiro atoms. The van der Waals surface area contributed by atoms with Crippen LogP contribution in [0.1, 0.15) is 70.6 Å². The van der Waals surface area contributed by atoms with Crippen molar-refractivity contribution in [3.05, 3.63) is 12.2 Å². The lowest BCUT2D eigenvalue weighted by Gasteiger charge is -2.13. The van der Waals surface area contributed by atoms with Crippen molar-refractivity contribution in [2.24, 2.45) is 0 Å². The van der Waals surface area contributed by atoms with Gasteiger partial charge in [-0.3, -0.25) is 28.9 Å². The second-order valence-corrected chi connectivity index (χ2v) is 6.76. The molecule has 0 atom stereocenters. The van der Waals surface area contributed by atoms with Gasteiger partial charge in [-0.05, 0) is 12.8 Å². The van der Waals surface area contributed by atoms with Gasteiger partial charge in [-0.15, -0.1) is 0 Å². The predicted molar refractivity (Wildman–Crippen MR) is 93.5 cm³/mol. The predicted octanol–water partition coefficient (Wildman–Crippen LogP) is 2.10. The van der Waals surface area contributed by atoms with Crippen LogP contribution in [0.5, 0.6) is 0 Å². The maximum atomic E-state index is 11.9. The van der Waals surface area contributed by atoms with Crippen molar-refractivity contribution >= 4 is 29.5 Å². The first-order valence-corrected chi connectivity index (χ1v) is 9.43. The lowest BCUT2D eigenvalue weighted by atomic mass is 10.1. The van der Waals surface area contributed by atoms with Gasteiger partial charge in [-0.25, -0.2) is 4.90 Å². The normalized spacial score (nSPS) is 17.1. The van der Waals surface area contributed by atoms with Gasteiger partial charge >= 0.3 is 0 Å². The van der Waals surface area contributed by atoms with Gasteiger partial charge < -0.3 is 0 Å². The molecule has 2 aliphatic heterocycles. The van der Waals surface area contributed by atoms with Crippen LogP contribution >= 0.6 is 0 Å². The topological polar surface area (TPSA) is 91.8 Å². The molecular formula is C19H26N2O5. The van der Waals surface area contributed by atoms with Crippen molar-refractivity contribution in [2.45, 2.75) is 70.6 Å². The zero-order chi connectivity index (χ0) is 18.9. The summed E-state index contributed by atoms with van der Waals surface area (Å²) in [5, 5.41) is 0. The smallest absolute Gasteiger partial charge is 0.253 e. The first kappa shape index (κ1) is 20.0. The number of carbonyl (C=O) groups excluding carboxylic acids is 5. The molecule has 7 nitrogen and oxygen atoms in total. The van der Waals surface area contributed by atoms with Crippen LogP contribution in [0.25, 0.3) is 0 Å². The van der Waals surface area contributed by atoms with Crippen molar-refractivity contribution < 1.29 is 24.0 Å². The Labute approximate surface area is 153 Å². The molecule has 26 heavy (non-hydrogen) atoms. The highest BCUT2D eigenvalue weighted by Crippen LogP contribution is 2.16. The number of likely N-dealkylation sites (tertiary alicyclic amines) is 1. The van der Waals surface area contributed by atoms with E-state index in [1.165, 1.54) is 17.1 Å². The van der Waals surface area contributed by atoms with E-state index in [1.54, 1.807) is 0 Å². The molecule has 0 N–H and O–H groups in total. The van der Waals surface area contributed by atoms with Gasteiger partial charge in [-0.1, -0.05) is 38.5 Å². The number of unbranched alkanes of at least 4 members (excludes halogenated alkanes) is 7. The van der Waals surface area contributed by atoms with Gasteiger partial charge in [0.05, 0.1) is 0 Å². The molecule has 7 heteroatoms. The number of hydrogen-bond acceptors (Lipinski definition) is 5. The lowest BCUT2D eigenvalue weighted by Crippen LogP contribution is -2.35. The van der Waals surface area contributed by atoms with Crippen LogP contribution in [0.4, 0.5) is 0 Å². The fourth-order valence-electron chi connectivity index (χ4n) is 3.22. The molecule has 0 aliphatic carbocycles. The fourth-order valence-corrected chi connectivity index (χ4v) is 3.22. The molecule has 0 aromatic heterocycles. The van der Waals surface area contributed by atoms with Gasteiger partial charge in [0.15, 0.2) is 0 Å². The first-order valence-electron chi connectivity index (χ1n) is 9.43. The number of imide groups is 4. The molecule has 2 aliphatic rings. The van der Waals surface area contributed by atoms with Gasteiger partial charge in [0.2, 0.25) is 17.7 Å². The summed E-state index contributed by atoms with van der Waals surface area (Å²) >= 11 is 0. The summed E-state index contributed by atoms with van der Waals surface area (Å²) in [5.74, 6) is -1.54. The molecule has 0 radical (unpaired) electrons. The molecular weight excluding hydrogens is 336 g/mol. The van der Waals surface area contributed by atoms with E-state index in [2.05, 4.69) is 0 Å². The average molecular weight is 362 g/mol. The Kier molecular flexibility index (Phi) is 7.69. The molecule has 2 rings (SSSR count). The maximum absolute atomic E-state index is 11.9. The Morgan fingerprint density at radius 2 is 1.19 bits per heavy atom. The average Bonchev–Trinajstić information content (AvgIpc) is 3.11. The minimum atomic E-state index is -0.367. The van der Waals surface area contributed by atoms with E-state index in [9.17, 15) is 24.0 Å². The van der Waals surface area contributed by atoms with Crippen molar-refractivity contribution in [1.29, 1.82) is 0 Å². The molecule has 0 saturated carbocycles. The van der Waals surface area contributed by atoms with E-state index in [0.29, 0.717) is 13.0 Å². The van der Waals surface area contributed by atoms with Crippen LogP contribution in [0, 0.1) is 0 Å². The molecule has 142 valence electrons. The van der Waals surface area contributed by atoms with Crippen LogP contribution in [-0.4, -0.2) is 45.9 Å². The van der Waals surface area contributed by atoms with Crippen molar-refractivity contribution in [1.82, 2.24) is 9.80 Å². The summed E-state index contributed by atoms with van der Waals surface area (Å²) in [6.07, 6.45) is 10.8. The maximum Gasteiger partial charge on any atom is 0.253 e. The Morgan fingerprint density at radius 3 is 1.73 bits per heavy atom. The largest absolute Gasteiger partial charge is 0.275 e. The van der Waals surface area contributed by atoms with Gasteiger partial charge in [0.25, 0.3) is 11.8 Å². The zero-order valence-electron chi connectivity index (χ0n) is 15.1. The van der Waals surface area contributed by atoms with E-state index in [4.69, 9.17) is 0 Å². The van der Waals surface area contributed by atoms with Crippen LogP contribution in [0.15, 0.2) is 12.2 Å². The zero-order valence-corrected chi connectivity index (χ0v) is 15.1. The van der Waals surface area contributed by atoms with Crippen molar-refractivity contribution in [3.63, 3.8) is 0 Å². The minimum Gasteiger partial charge on any atom is -0.275 e. The third kappa shape index (κ3) is 5.61. The van der Waals surface area contributed by atoms with Gasteiger partial charge in [-0.2, -0.15) is 0 Å². The Balaban J connectivity index is 1.42. The van der Waals surface area contributed by atoms with Gasteiger partial charge in [0, 0.05) is 38.0 Å². The summed E-state index contributed by atoms with van der Waals surface area (Å²) < 4.78 is 0. The van der Waals surface area contributed by atoms with Crippen LogP contribution in [0.3, 0.4) is 0 Å². The van der Waals surface area contributed by atoms with Crippen molar-refractivity contribution in [2.75, 3.05) is 6.54 Å². The SMILES string of the molecule is O=C1C=CC(=O)N1CCCCCCCCCCC(=O)N1C(=O)CCC1=O. The number of nitrogens with zero attached hydrogens (tertiary/aromatic N) is 2. The summed E-state index contributed by atoms with van der Waals surface area (Å²) in [7, 11) is 0. The summed E-state index contributed by atoms with van der Waals surface area (Å²) in [6, 6.07) is 0. The highest BCUT2D eigenvalue weighted by Gasteiger charge is 2.33. The first-order chi connectivity index (χ1) is 12.5. The quantitative estimate of drug-likeness (QED) is 0.415. The third-order valence-electron chi connectivity index (χ3n) is 4.72. The molecule has 0 aromatic rings. The summed E-state index contributed by atoms with van der Waals surface area (Å²) in [4.78, 5) is 59.6. The minimum absolute atomic E-state index is 0.154. The van der Waals surface area contributed by atoms with E-state index < -0.39 is 0 Å². The molecule has 2 heterocycles. The second kappa shape index (κ2) is 9.99. The number of hydrogen-bond donors (Lipinski definition) is 0. The van der Waals surface area contributed by atoms with Crippen LogP contribution < -0.4 is 0 Å². The van der Waals surface area contributed by atoms with Gasteiger partial charge in [0.1, 0.15) is 0 Å². The van der Waals surface area contributed by atoms with Crippen LogP contribution in [0.2, 0.25) is 0 Å². The van der Waals surface area contributed by atoms with E-state index in [1.807, 2.05) is 0 Å². The van der Waals surface area contributed by atoms with Crippen molar-refractivity contribution in [3.8, 4) is 0 Å². The molecule has 0 aromatic carbocycles. The molecule has 0 unspecified atom stereocenters. The highest BCUT2D eigenvalue weighted by atomic mass is 16.2. The molecule has 1 fully saturated rings. The molecule has 0 bridgehead atoms. The monoisotopic (exact) mass is 362 g/mol. The number of carbonyl (C=O) groups is 5. The Hall–Kier alpha value is -2.31. The number of rotatable bonds is 11. The molecule has 5 amide bonds. The summed E-state index contributed by atoms with van der Waals surface area (Å²) in [6.45, 7) is 0.487. The fraction of sp³-hybridized carbons (Fsp3) is 0.632. The summed E-state index contributed by atoms with van der Waals surface area (Å²) in [5.41, 5.74) is 0. The lowest BCUT2D eigenvalue weighted by molar-refractivity contribution is -0.149. The number of amides is 5. The van der Waals surface area contributed by atoms with E-state index in [0.717, 1.165) is 49.8 Å². The second-order valence-electron chi connectivity index (χ2n) is 6.76. The Bertz CT molecular complexity index is 577. The third-order valence-corrected chi connectivity index (χ3v) is 4.72. The highest BCUT2D eigenvalue weighted by molar-refractivity contribution is 6.15. The van der Waals surface area contributed by atoms with Crippen LogP contribution in [-0.2, 0) is 24.0 Å². The standard InChI is InChI=1S/C19H26N2O5/c22-15-10-11-16(23)20(15)14-8-6-4-2-1-3-5-7-9-17(24)21-18(25)12-13-19(21)26/h10-11H,1-9,12-14H2. The van der Waals surface area contributed by atoms with E-state index >= 15 is 0 Å². The molecule has 1 saturated heterocycles. The Morgan fingerprint density at radius 1 is 0.731 bits per heavy atom. The van der Waals surface area contributed by atoms with E-state index in [-0.39, 0.29) is 48.8 Å².